The van der Waals surface area contributed by atoms with Crippen molar-refractivity contribution < 1.29 is 9.69 Å². The number of carbonyl (C=O) groups excluding carboxylic acids is 1. The minimum absolute atomic E-state index is 0.159. The van der Waals surface area contributed by atoms with Gasteiger partial charge in [-0.15, -0.1) is 0 Å². The highest BCUT2D eigenvalue weighted by Gasteiger charge is 2.19. The molecule has 0 spiro atoms. The average Bonchev–Trinajstić information content (AvgIpc) is 2.85. The van der Waals surface area contributed by atoms with Gasteiger partial charge in [-0.3, -0.25) is 4.79 Å². The fourth-order valence-electron chi connectivity index (χ4n) is 3.82. The van der Waals surface area contributed by atoms with Crippen molar-refractivity contribution in [2.45, 2.75) is 44.9 Å². The van der Waals surface area contributed by atoms with E-state index in [4.69, 9.17) is 0 Å². The number of benzene rings is 1. The summed E-state index contributed by atoms with van der Waals surface area (Å²) in [5, 5.41) is 3.17. The molecule has 1 aromatic rings. The monoisotopic (exact) mass is 316 g/mol. The summed E-state index contributed by atoms with van der Waals surface area (Å²) in [5.41, 5.74) is 2.17. The van der Waals surface area contributed by atoms with E-state index in [1.165, 1.54) is 55.5 Å². The predicted molar refractivity (Wildman–Crippen MR) is 95.2 cm³/mol. The second kappa shape index (κ2) is 8.34. The Bertz CT molecular complexity index is 503. The van der Waals surface area contributed by atoms with Crippen molar-refractivity contribution in [1.29, 1.82) is 0 Å². The number of anilines is 2. The van der Waals surface area contributed by atoms with Crippen molar-refractivity contribution in [3.63, 3.8) is 0 Å². The van der Waals surface area contributed by atoms with E-state index in [-0.39, 0.29) is 5.91 Å². The van der Waals surface area contributed by atoms with Crippen LogP contribution in [0.15, 0.2) is 24.3 Å². The Labute approximate surface area is 139 Å². The Morgan fingerprint density at radius 3 is 2.35 bits per heavy atom. The maximum absolute atomic E-state index is 12.5. The fourth-order valence-corrected chi connectivity index (χ4v) is 3.82. The standard InChI is InChI=1S/C19H29N3O/c23-19(16-21-12-6-1-2-7-13-21)20-17-10-4-5-11-18(17)22-14-8-3-9-15-22/h4-5,10-11H,1-3,6-9,12-16H2,(H,20,23)/p+1. The number of rotatable bonds is 4. The van der Waals surface area contributed by atoms with Crippen LogP contribution in [-0.2, 0) is 4.79 Å². The smallest absolute Gasteiger partial charge is 0.279 e. The summed E-state index contributed by atoms with van der Waals surface area (Å²) in [6.45, 7) is 5.09. The van der Waals surface area contributed by atoms with Gasteiger partial charge in [0.15, 0.2) is 6.54 Å². The summed E-state index contributed by atoms with van der Waals surface area (Å²) in [6, 6.07) is 8.26. The highest BCUT2D eigenvalue weighted by Crippen LogP contribution is 2.28. The first-order valence-corrected chi connectivity index (χ1v) is 9.30. The number of nitrogens with one attached hydrogen (secondary N) is 2. The van der Waals surface area contributed by atoms with Crippen LogP contribution in [0.1, 0.15) is 44.9 Å². The average molecular weight is 316 g/mol. The third-order valence-corrected chi connectivity index (χ3v) is 5.10. The molecule has 2 saturated heterocycles. The number of likely N-dealkylation sites (tertiary alicyclic amines) is 1. The van der Waals surface area contributed by atoms with Crippen molar-refractivity contribution in [3.05, 3.63) is 24.3 Å². The molecule has 2 aliphatic heterocycles. The van der Waals surface area contributed by atoms with E-state index in [9.17, 15) is 4.79 Å². The van der Waals surface area contributed by atoms with E-state index < -0.39 is 0 Å². The number of quaternary nitrogens is 1. The van der Waals surface area contributed by atoms with Gasteiger partial charge in [-0.2, -0.15) is 0 Å². The lowest BCUT2D eigenvalue weighted by molar-refractivity contribution is -0.890. The first kappa shape index (κ1) is 16.3. The van der Waals surface area contributed by atoms with Crippen LogP contribution < -0.4 is 15.1 Å². The molecule has 0 aliphatic carbocycles. The summed E-state index contributed by atoms with van der Waals surface area (Å²) in [5.74, 6) is 0.159. The minimum atomic E-state index is 0.159. The van der Waals surface area contributed by atoms with Crippen LogP contribution in [-0.4, -0.2) is 38.6 Å². The molecule has 2 aliphatic rings. The number of hydrogen-bond acceptors (Lipinski definition) is 2. The lowest BCUT2D eigenvalue weighted by atomic mass is 10.1. The molecule has 1 aromatic carbocycles. The molecular formula is C19H30N3O+. The zero-order valence-electron chi connectivity index (χ0n) is 14.2. The number of amides is 1. The Kier molecular flexibility index (Phi) is 5.92. The van der Waals surface area contributed by atoms with E-state index in [0.29, 0.717) is 6.54 Å². The van der Waals surface area contributed by atoms with Crippen molar-refractivity contribution >= 4 is 17.3 Å². The van der Waals surface area contributed by atoms with Crippen LogP contribution in [0, 0.1) is 0 Å². The molecule has 3 rings (SSSR count). The molecule has 0 atom stereocenters. The van der Waals surface area contributed by atoms with Crippen LogP contribution in [0.4, 0.5) is 11.4 Å². The van der Waals surface area contributed by atoms with Crippen LogP contribution in [0.3, 0.4) is 0 Å². The first-order valence-electron chi connectivity index (χ1n) is 9.30. The first-order chi connectivity index (χ1) is 11.3. The summed E-state index contributed by atoms with van der Waals surface area (Å²) in [7, 11) is 0. The minimum Gasteiger partial charge on any atom is -0.370 e. The maximum Gasteiger partial charge on any atom is 0.279 e. The molecule has 23 heavy (non-hydrogen) atoms. The second-order valence-electron chi connectivity index (χ2n) is 6.95. The predicted octanol–water partition coefficient (Wildman–Crippen LogP) is 2.07. The molecule has 0 radical (unpaired) electrons. The van der Waals surface area contributed by atoms with E-state index in [0.717, 1.165) is 31.9 Å². The number of hydrogen-bond donors (Lipinski definition) is 2. The molecule has 2 N–H and O–H groups in total. The van der Waals surface area contributed by atoms with Gasteiger partial charge in [-0.1, -0.05) is 12.1 Å². The maximum atomic E-state index is 12.5. The van der Waals surface area contributed by atoms with Crippen molar-refractivity contribution in [2.75, 3.05) is 42.9 Å². The van der Waals surface area contributed by atoms with Gasteiger partial charge in [-0.05, 0) is 57.1 Å². The molecule has 0 unspecified atom stereocenters. The van der Waals surface area contributed by atoms with Gasteiger partial charge in [0.2, 0.25) is 0 Å². The van der Waals surface area contributed by atoms with Crippen molar-refractivity contribution in [1.82, 2.24) is 0 Å². The molecule has 0 saturated carbocycles. The van der Waals surface area contributed by atoms with Gasteiger partial charge in [0, 0.05) is 13.1 Å². The van der Waals surface area contributed by atoms with Gasteiger partial charge in [0.05, 0.1) is 24.5 Å². The Morgan fingerprint density at radius 2 is 1.61 bits per heavy atom. The summed E-state index contributed by atoms with van der Waals surface area (Å²) < 4.78 is 0. The van der Waals surface area contributed by atoms with Gasteiger partial charge < -0.3 is 15.1 Å². The van der Waals surface area contributed by atoms with E-state index in [1.807, 2.05) is 12.1 Å². The zero-order valence-corrected chi connectivity index (χ0v) is 14.2. The van der Waals surface area contributed by atoms with E-state index in [2.05, 4.69) is 22.3 Å². The fraction of sp³-hybridized carbons (Fsp3) is 0.632. The highest BCUT2D eigenvalue weighted by atomic mass is 16.2. The number of carbonyl (C=O) groups is 1. The van der Waals surface area contributed by atoms with Gasteiger partial charge >= 0.3 is 0 Å². The highest BCUT2D eigenvalue weighted by molar-refractivity contribution is 5.95. The van der Waals surface area contributed by atoms with Crippen LogP contribution in [0.25, 0.3) is 0 Å². The number of para-hydroxylation sites is 2. The van der Waals surface area contributed by atoms with E-state index in [1.54, 1.807) is 0 Å². The van der Waals surface area contributed by atoms with Crippen molar-refractivity contribution in [2.24, 2.45) is 0 Å². The molecule has 4 nitrogen and oxygen atoms in total. The lowest BCUT2D eigenvalue weighted by Crippen LogP contribution is -3.12. The topological polar surface area (TPSA) is 36.8 Å². The molecule has 126 valence electrons. The van der Waals surface area contributed by atoms with Gasteiger partial charge in [-0.25, -0.2) is 0 Å². The summed E-state index contributed by atoms with van der Waals surface area (Å²) >= 11 is 0. The normalized spacial score (nSPS) is 20.1. The Hall–Kier alpha value is -1.55. The van der Waals surface area contributed by atoms with Crippen LogP contribution in [0.2, 0.25) is 0 Å². The number of piperidine rings is 1. The van der Waals surface area contributed by atoms with Crippen LogP contribution in [0.5, 0.6) is 0 Å². The molecule has 0 aromatic heterocycles. The molecule has 2 fully saturated rings. The third-order valence-electron chi connectivity index (χ3n) is 5.10. The Balaban J connectivity index is 1.61. The van der Waals surface area contributed by atoms with Crippen LogP contribution >= 0.6 is 0 Å². The zero-order chi connectivity index (χ0) is 15.9. The third kappa shape index (κ3) is 4.71. The molecule has 2 heterocycles. The molecule has 4 heteroatoms. The molecular weight excluding hydrogens is 286 g/mol. The van der Waals surface area contributed by atoms with Crippen molar-refractivity contribution in [3.8, 4) is 0 Å². The molecule has 0 bridgehead atoms. The van der Waals surface area contributed by atoms with E-state index >= 15 is 0 Å². The quantitative estimate of drug-likeness (QED) is 0.892. The summed E-state index contributed by atoms with van der Waals surface area (Å²) in [6.07, 6.45) is 8.98. The second-order valence-corrected chi connectivity index (χ2v) is 6.95. The number of nitrogens with zero attached hydrogens (tertiary/aromatic N) is 1. The lowest BCUT2D eigenvalue weighted by Gasteiger charge is -2.30. The van der Waals surface area contributed by atoms with Gasteiger partial charge in [0.25, 0.3) is 5.91 Å². The SMILES string of the molecule is O=C(C[NH+]1CCCCCC1)Nc1ccccc1N1CCCCC1. The Morgan fingerprint density at radius 1 is 0.957 bits per heavy atom. The summed E-state index contributed by atoms with van der Waals surface area (Å²) in [4.78, 5) is 16.3. The molecule has 1 amide bonds. The largest absolute Gasteiger partial charge is 0.370 e. The van der Waals surface area contributed by atoms with Gasteiger partial charge in [0.1, 0.15) is 0 Å².